The molecule has 1 unspecified atom stereocenters. The van der Waals surface area contributed by atoms with Gasteiger partial charge in [0.2, 0.25) is 11.8 Å². The second-order valence-electron chi connectivity index (χ2n) is 4.78. The quantitative estimate of drug-likeness (QED) is 0.474. The van der Waals surface area contributed by atoms with Gasteiger partial charge in [0.05, 0.1) is 0 Å². The molecule has 0 spiro atoms. The van der Waals surface area contributed by atoms with E-state index in [-0.39, 0.29) is 50.3 Å². The molecule has 9 heteroatoms. The van der Waals surface area contributed by atoms with E-state index in [1.807, 2.05) is 0 Å². The topological polar surface area (TPSA) is 127 Å². The highest BCUT2D eigenvalue weighted by Gasteiger charge is 2.32. The molecular weight excluding hydrogens is 282 g/mol. The van der Waals surface area contributed by atoms with Crippen molar-refractivity contribution in [1.29, 1.82) is 0 Å². The summed E-state index contributed by atoms with van der Waals surface area (Å²) in [4.78, 5) is 47.2. The van der Waals surface area contributed by atoms with Gasteiger partial charge >= 0.3 is 12.0 Å². The van der Waals surface area contributed by atoms with Crippen molar-refractivity contribution in [3.8, 4) is 0 Å². The van der Waals surface area contributed by atoms with Crippen LogP contribution in [0.1, 0.15) is 19.3 Å². The largest absolute Gasteiger partial charge is 0.479 e. The lowest BCUT2D eigenvalue weighted by Gasteiger charge is -2.13. The van der Waals surface area contributed by atoms with Crippen LogP contribution < -0.4 is 5.32 Å². The third-order valence-corrected chi connectivity index (χ3v) is 3.04. The van der Waals surface area contributed by atoms with Crippen LogP contribution in [0.2, 0.25) is 0 Å². The summed E-state index contributed by atoms with van der Waals surface area (Å²) in [7, 11) is 1.53. The van der Waals surface area contributed by atoms with Crippen molar-refractivity contribution in [2.24, 2.45) is 0 Å². The summed E-state index contributed by atoms with van der Waals surface area (Å²) in [5.74, 6) is -1.94. The fraction of sp³-hybridized carbons (Fsp3) is 0.667. The Hall–Kier alpha value is -2.16. The van der Waals surface area contributed by atoms with Crippen molar-refractivity contribution in [2.45, 2.75) is 25.4 Å². The molecule has 1 heterocycles. The molecule has 0 saturated carbocycles. The van der Waals surface area contributed by atoms with Gasteiger partial charge in [-0.15, -0.1) is 0 Å². The summed E-state index contributed by atoms with van der Waals surface area (Å²) in [6.07, 6.45) is -1.13. The molecule has 0 bridgehead atoms. The van der Waals surface area contributed by atoms with Crippen molar-refractivity contribution in [1.82, 2.24) is 15.1 Å². The number of aliphatic hydroxyl groups excluding tert-OH is 1. The van der Waals surface area contributed by atoms with Crippen LogP contribution in [-0.2, 0) is 14.4 Å². The molecule has 1 saturated heterocycles. The third-order valence-electron chi connectivity index (χ3n) is 3.04. The van der Waals surface area contributed by atoms with E-state index in [4.69, 9.17) is 10.2 Å². The number of carboxylic acid groups (broad SMARTS) is 1. The Balaban J connectivity index is 2.18. The van der Waals surface area contributed by atoms with Gasteiger partial charge in [-0.2, -0.15) is 0 Å². The zero-order valence-corrected chi connectivity index (χ0v) is 11.7. The Morgan fingerprint density at radius 1 is 1.38 bits per heavy atom. The highest BCUT2D eigenvalue weighted by atomic mass is 16.4. The van der Waals surface area contributed by atoms with Crippen molar-refractivity contribution < 1.29 is 29.4 Å². The van der Waals surface area contributed by atoms with Crippen molar-refractivity contribution >= 4 is 23.8 Å². The van der Waals surface area contributed by atoms with Gasteiger partial charge in [0, 0.05) is 33.0 Å². The molecule has 118 valence electrons. The molecule has 1 aliphatic rings. The lowest BCUT2D eigenvalue weighted by molar-refractivity contribution is -0.147. The minimum atomic E-state index is -1.50. The predicted molar refractivity (Wildman–Crippen MR) is 70.2 cm³/mol. The summed E-state index contributed by atoms with van der Waals surface area (Å²) in [5.41, 5.74) is 0. The maximum atomic E-state index is 11.5. The molecule has 1 aliphatic heterocycles. The molecule has 4 amide bonds. The number of rotatable bonds is 8. The lowest BCUT2D eigenvalue weighted by atomic mass is 10.2. The number of aliphatic hydroxyl groups is 1. The van der Waals surface area contributed by atoms with E-state index in [9.17, 15) is 19.2 Å². The van der Waals surface area contributed by atoms with E-state index in [1.54, 1.807) is 0 Å². The summed E-state index contributed by atoms with van der Waals surface area (Å²) in [5, 5.41) is 19.9. The van der Waals surface area contributed by atoms with Gasteiger partial charge in [0.25, 0.3) is 0 Å². The van der Waals surface area contributed by atoms with Crippen LogP contribution in [0.3, 0.4) is 0 Å². The summed E-state index contributed by atoms with van der Waals surface area (Å²) in [6.45, 7) is 0.280. The first-order valence-electron chi connectivity index (χ1n) is 6.56. The van der Waals surface area contributed by atoms with Gasteiger partial charge in [-0.3, -0.25) is 14.5 Å². The number of carboxylic acids is 1. The maximum Gasteiger partial charge on any atom is 0.332 e. The standard InChI is InChI=1S/C12H19N3O6/c1-14-7-10(18)15(12(14)21)6-2-3-9(17)13-5-4-8(16)11(19)20/h8,16H,2-7H2,1H3,(H,13,17)(H,19,20). The van der Waals surface area contributed by atoms with Gasteiger partial charge < -0.3 is 20.4 Å². The van der Waals surface area contributed by atoms with Crippen LogP contribution in [0.5, 0.6) is 0 Å². The van der Waals surface area contributed by atoms with Gasteiger partial charge in [0.15, 0.2) is 6.10 Å². The number of urea groups is 1. The number of hydrogen-bond donors (Lipinski definition) is 3. The zero-order valence-electron chi connectivity index (χ0n) is 11.7. The average molecular weight is 301 g/mol. The van der Waals surface area contributed by atoms with E-state index >= 15 is 0 Å². The van der Waals surface area contributed by atoms with Gasteiger partial charge in [-0.1, -0.05) is 0 Å². The first-order chi connectivity index (χ1) is 9.82. The monoisotopic (exact) mass is 301 g/mol. The molecule has 1 fully saturated rings. The van der Waals surface area contributed by atoms with E-state index < -0.39 is 12.1 Å². The van der Waals surface area contributed by atoms with Crippen LogP contribution >= 0.6 is 0 Å². The van der Waals surface area contributed by atoms with Gasteiger partial charge in [0.1, 0.15) is 6.54 Å². The van der Waals surface area contributed by atoms with E-state index in [2.05, 4.69) is 5.32 Å². The third kappa shape index (κ3) is 5.03. The molecule has 0 aromatic carbocycles. The fourth-order valence-electron chi connectivity index (χ4n) is 1.85. The first-order valence-corrected chi connectivity index (χ1v) is 6.56. The van der Waals surface area contributed by atoms with Crippen LogP contribution in [0, 0.1) is 0 Å². The zero-order chi connectivity index (χ0) is 16.0. The number of nitrogens with zero attached hydrogens (tertiary/aromatic N) is 2. The number of carbonyl (C=O) groups is 4. The molecule has 1 rings (SSSR count). The highest BCUT2D eigenvalue weighted by molar-refractivity contribution is 6.01. The number of likely N-dealkylation sites (N-methyl/N-ethyl adjacent to an activating group) is 1. The molecule has 1 atom stereocenters. The summed E-state index contributed by atoms with van der Waals surface area (Å²) >= 11 is 0. The summed E-state index contributed by atoms with van der Waals surface area (Å²) < 4.78 is 0. The van der Waals surface area contributed by atoms with Crippen molar-refractivity contribution in [2.75, 3.05) is 26.7 Å². The summed E-state index contributed by atoms with van der Waals surface area (Å²) in [6, 6.07) is -0.370. The second kappa shape index (κ2) is 7.58. The van der Waals surface area contributed by atoms with Crippen LogP contribution in [0.25, 0.3) is 0 Å². The fourth-order valence-corrected chi connectivity index (χ4v) is 1.85. The number of nitrogens with one attached hydrogen (secondary N) is 1. The second-order valence-corrected chi connectivity index (χ2v) is 4.78. The van der Waals surface area contributed by atoms with Gasteiger partial charge in [-0.25, -0.2) is 9.59 Å². The molecule has 0 aliphatic carbocycles. The van der Waals surface area contributed by atoms with Crippen molar-refractivity contribution in [3.05, 3.63) is 0 Å². The van der Waals surface area contributed by atoms with Crippen LogP contribution in [0.4, 0.5) is 4.79 Å². The van der Waals surface area contributed by atoms with Crippen LogP contribution in [0.15, 0.2) is 0 Å². The minimum absolute atomic E-state index is 0.0522. The van der Waals surface area contributed by atoms with Crippen molar-refractivity contribution in [3.63, 3.8) is 0 Å². The Kier molecular flexibility index (Phi) is 6.10. The Bertz CT molecular complexity index is 439. The van der Waals surface area contributed by atoms with E-state index in [0.717, 1.165) is 4.90 Å². The van der Waals surface area contributed by atoms with E-state index in [1.165, 1.54) is 11.9 Å². The van der Waals surface area contributed by atoms with E-state index in [0.29, 0.717) is 6.42 Å². The predicted octanol–water partition coefficient (Wildman–Crippen LogP) is -1.39. The molecular formula is C12H19N3O6. The Morgan fingerprint density at radius 2 is 2.05 bits per heavy atom. The molecule has 3 N–H and O–H groups in total. The molecule has 0 aromatic rings. The number of carbonyl (C=O) groups excluding carboxylic acids is 3. The maximum absolute atomic E-state index is 11.5. The Labute approximate surface area is 121 Å². The average Bonchev–Trinajstić information content (AvgIpc) is 2.64. The number of amides is 4. The molecule has 0 radical (unpaired) electrons. The number of imide groups is 1. The Morgan fingerprint density at radius 3 is 2.57 bits per heavy atom. The normalized spacial score (nSPS) is 16.3. The van der Waals surface area contributed by atoms with Crippen LogP contribution in [-0.4, -0.2) is 76.6 Å². The molecule has 21 heavy (non-hydrogen) atoms. The van der Waals surface area contributed by atoms with Gasteiger partial charge in [-0.05, 0) is 6.42 Å². The molecule has 9 nitrogen and oxygen atoms in total. The minimum Gasteiger partial charge on any atom is -0.479 e. The SMILES string of the molecule is CN1CC(=O)N(CCCC(=O)NCCC(O)C(=O)O)C1=O. The number of hydrogen-bond acceptors (Lipinski definition) is 5. The number of aliphatic carboxylic acids is 1. The smallest absolute Gasteiger partial charge is 0.332 e. The highest BCUT2D eigenvalue weighted by Crippen LogP contribution is 2.09. The lowest BCUT2D eigenvalue weighted by Crippen LogP contribution is -2.34. The molecule has 0 aromatic heterocycles. The first kappa shape index (κ1) is 16.9.